The fraction of sp³-hybridized carbons (Fsp3) is 0.636. The molecule has 16 heavy (non-hydrogen) atoms. The van der Waals surface area contributed by atoms with Crippen molar-refractivity contribution in [2.24, 2.45) is 11.7 Å². The van der Waals surface area contributed by atoms with Crippen LogP contribution in [-0.2, 0) is 0 Å². The van der Waals surface area contributed by atoms with Gasteiger partial charge in [0.15, 0.2) is 4.67 Å². The molecule has 2 N–H and O–H groups in total. The standard InChI is InChI=1S/C11H16Br2N2O/c1-15(6-7-2-3-7)9(5-14)10-4-8(12)11(13)16-10/h4,7,9H,2-3,5-6,14H2,1H3. The van der Waals surface area contributed by atoms with Gasteiger partial charge in [-0.1, -0.05) is 0 Å². The molecule has 0 radical (unpaired) electrons. The van der Waals surface area contributed by atoms with Crippen molar-refractivity contribution in [3.8, 4) is 0 Å². The van der Waals surface area contributed by atoms with Crippen molar-refractivity contribution in [3.05, 3.63) is 21.0 Å². The van der Waals surface area contributed by atoms with Crippen LogP contribution in [0.15, 0.2) is 19.6 Å². The van der Waals surface area contributed by atoms with Crippen molar-refractivity contribution in [1.82, 2.24) is 4.90 Å². The van der Waals surface area contributed by atoms with E-state index in [1.54, 1.807) is 0 Å². The Kier molecular flexibility index (Phi) is 4.11. The third-order valence-electron chi connectivity index (χ3n) is 2.99. The highest BCUT2D eigenvalue weighted by atomic mass is 79.9. The minimum atomic E-state index is 0.170. The van der Waals surface area contributed by atoms with Crippen LogP contribution in [0.5, 0.6) is 0 Å². The predicted octanol–water partition coefficient (Wildman–Crippen LogP) is 3.15. The number of furan rings is 1. The van der Waals surface area contributed by atoms with Crippen molar-refractivity contribution in [1.29, 1.82) is 0 Å². The van der Waals surface area contributed by atoms with E-state index in [9.17, 15) is 0 Å². The molecule has 1 heterocycles. The molecule has 0 aromatic carbocycles. The monoisotopic (exact) mass is 350 g/mol. The van der Waals surface area contributed by atoms with Gasteiger partial charge in [0.05, 0.1) is 10.5 Å². The lowest BCUT2D eigenvalue weighted by molar-refractivity contribution is 0.211. The van der Waals surface area contributed by atoms with E-state index in [0.29, 0.717) is 6.54 Å². The number of halogens is 2. The third-order valence-corrected chi connectivity index (χ3v) is 4.70. The van der Waals surface area contributed by atoms with Gasteiger partial charge in [-0.05, 0) is 63.7 Å². The van der Waals surface area contributed by atoms with E-state index in [1.165, 1.54) is 12.8 Å². The minimum Gasteiger partial charge on any atom is -0.451 e. The van der Waals surface area contributed by atoms with Gasteiger partial charge in [0.25, 0.3) is 0 Å². The highest BCUT2D eigenvalue weighted by molar-refractivity contribution is 9.13. The first kappa shape index (κ1) is 12.6. The van der Waals surface area contributed by atoms with E-state index in [2.05, 4.69) is 43.8 Å². The zero-order valence-corrected chi connectivity index (χ0v) is 12.4. The zero-order valence-electron chi connectivity index (χ0n) is 9.25. The van der Waals surface area contributed by atoms with Crippen molar-refractivity contribution >= 4 is 31.9 Å². The third kappa shape index (κ3) is 2.88. The van der Waals surface area contributed by atoms with Crippen LogP contribution in [-0.4, -0.2) is 25.0 Å². The van der Waals surface area contributed by atoms with Crippen LogP contribution in [0.3, 0.4) is 0 Å². The molecule has 0 bridgehead atoms. The van der Waals surface area contributed by atoms with E-state index < -0.39 is 0 Å². The Hall–Kier alpha value is 0.160. The number of nitrogens with zero attached hydrogens (tertiary/aromatic N) is 1. The molecule has 3 nitrogen and oxygen atoms in total. The average Bonchev–Trinajstić information content (AvgIpc) is 2.96. The molecular formula is C11H16Br2N2O. The fourth-order valence-corrected chi connectivity index (χ4v) is 2.48. The maximum atomic E-state index is 5.83. The molecule has 0 aliphatic heterocycles. The summed E-state index contributed by atoms with van der Waals surface area (Å²) in [6.07, 6.45) is 2.71. The molecule has 5 heteroatoms. The normalized spacial score (nSPS) is 18.1. The highest BCUT2D eigenvalue weighted by Crippen LogP contribution is 2.34. The Bertz CT molecular complexity index is 343. The molecule has 0 amide bonds. The SMILES string of the molecule is CN(CC1CC1)C(CN)c1cc(Br)c(Br)o1. The van der Waals surface area contributed by atoms with Gasteiger partial charge >= 0.3 is 0 Å². The van der Waals surface area contributed by atoms with Gasteiger partial charge in [0.1, 0.15) is 5.76 Å². The molecule has 0 spiro atoms. The van der Waals surface area contributed by atoms with Crippen molar-refractivity contribution in [3.63, 3.8) is 0 Å². The first-order valence-corrected chi connectivity index (χ1v) is 7.05. The van der Waals surface area contributed by atoms with Gasteiger partial charge in [0, 0.05) is 13.1 Å². The lowest BCUT2D eigenvalue weighted by Gasteiger charge is -2.24. The molecule has 1 aromatic heterocycles. The van der Waals surface area contributed by atoms with Gasteiger partial charge in [0.2, 0.25) is 0 Å². The second-order valence-electron chi connectivity index (χ2n) is 4.40. The first-order chi connectivity index (χ1) is 7.61. The molecule has 1 saturated carbocycles. The largest absolute Gasteiger partial charge is 0.451 e. The molecule has 1 aliphatic carbocycles. The lowest BCUT2D eigenvalue weighted by atomic mass is 10.2. The van der Waals surface area contributed by atoms with Gasteiger partial charge in [-0.3, -0.25) is 4.90 Å². The second kappa shape index (κ2) is 5.21. The maximum absolute atomic E-state index is 5.83. The van der Waals surface area contributed by atoms with Crippen LogP contribution in [0, 0.1) is 5.92 Å². The Morgan fingerprint density at radius 3 is 2.69 bits per heavy atom. The molecule has 1 aromatic rings. The smallest absolute Gasteiger partial charge is 0.183 e. The van der Waals surface area contributed by atoms with E-state index in [1.807, 2.05) is 6.07 Å². The van der Waals surface area contributed by atoms with Crippen LogP contribution in [0.1, 0.15) is 24.6 Å². The van der Waals surface area contributed by atoms with Crippen LogP contribution >= 0.6 is 31.9 Å². The summed E-state index contributed by atoms with van der Waals surface area (Å²) in [4.78, 5) is 2.29. The van der Waals surface area contributed by atoms with Crippen molar-refractivity contribution in [2.45, 2.75) is 18.9 Å². The van der Waals surface area contributed by atoms with Gasteiger partial charge in [-0.15, -0.1) is 0 Å². The molecule has 1 unspecified atom stereocenters. The van der Waals surface area contributed by atoms with E-state index in [4.69, 9.17) is 10.2 Å². The second-order valence-corrected chi connectivity index (χ2v) is 5.98. The van der Waals surface area contributed by atoms with Crippen LogP contribution < -0.4 is 5.73 Å². The predicted molar refractivity (Wildman–Crippen MR) is 71.3 cm³/mol. The summed E-state index contributed by atoms with van der Waals surface area (Å²) in [5.74, 6) is 1.78. The molecule has 0 saturated heterocycles. The molecule has 90 valence electrons. The summed E-state index contributed by atoms with van der Waals surface area (Å²) >= 11 is 6.78. The zero-order chi connectivity index (χ0) is 11.7. The Balaban J connectivity index is 2.07. The Morgan fingerprint density at radius 1 is 1.56 bits per heavy atom. The van der Waals surface area contributed by atoms with Crippen LogP contribution in [0.2, 0.25) is 0 Å². The summed E-state index contributed by atoms with van der Waals surface area (Å²) in [6.45, 7) is 1.69. The quantitative estimate of drug-likeness (QED) is 0.886. The van der Waals surface area contributed by atoms with Gasteiger partial charge in [-0.25, -0.2) is 0 Å². The summed E-state index contributed by atoms with van der Waals surface area (Å²) < 4.78 is 7.32. The molecule has 1 fully saturated rings. The van der Waals surface area contributed by atoms with E-state index in [-0.39, 0.29) is 6.04 Å². The molecular weight excluding hydrogens is 336 g/mol. The Morgan fingerprint density at radius 2 is 2.25 bits per heavy atom. The topological polar surface area (TPSA) is 42.4 Å². The molecule has 1 aliphatic rings. The summed E-state index contributed by atoms with van der Waals surface area (Å²) in [7, 11) is 2.11. The molecule has 1 atom stereocenters. The lowest BCUT2D eigenvalue weighted by Crippen LogP contribution is -2.31. The number of hydrogen-bond donors (Lipinski definition) is 1. The Labute approximate surface area is 113 Å². The van der Waals surface area contributed by atoms with Crippen molar-refractivity contribution < 1.29 is 4.42 Å². The summed E-state index contributed by atoms with van der Waals surface area (Å²) in [5.41, 5.74) is 5.83. The summed E-state index contributed by atoms with van der Waals surface area (Å²) in [6, 6.07) is 2.16. The van der Waals surface area contributed by atoms with Crippen LogP contribution in [0.25, 0.3) is 0 Å². The number of hydrogen-bond acceptors (Lipinski definition) is 3. The fourth-order valence-electron chi connectivity index (χ4n) is 1.88. The number of likely N-dealkylation sites (N-methyl/N-ethyl adjacent to an activating group) is 1. The van der Waals surface area contributed by atoms with E-state index in [0.717, 1.165) is 27.4 Å². The summed E-state index contributed by atoms with van der Waals surface area (Å²) in [5, 5.41) is 0. The number of rotatable bonds is 5. The first-order valence-electron chi connectivity index (χ1n) is 5.47. The average molecular weight is 352 g/mol. The van der Waals surface area contributed by atoms with Crippen LogP contribution in [0.4, 0.5) is 0 Å². The number of nitrogens with two attached hydrogens (primary N) is 1. The van der Waals surface area contributed by atoms with Gasteiger partial charge in [-0.2, -0.15) is 0 Å². The van der Waals surface area contributed by atoms with Crippen molar-refractivity contribution in [2.75, 3.05) is 20.1 Å². The molecule has 2 rings (SSSR count). The minimum absolute atomic E-state index is 0.170. The van der Waals surface area contributed by atoms with E-state index >= 15 is 0 Å². The van der Waals surface area contributed by atoms with Gasteiger partial charge < -0.3 is 10.2 Å². The maximum Gasteiger partial charge on any atom is 0.183 e. The highest BCUT2D eigenvalue weighted by Gasteiger charge is 2.27.